The minimum absolute atomic E-state index is 0. The lowest BCUT2D eigenvalue weighted by atomic mass is 10.0. The van der Waals surface area contributed by atoms with Gasteiger partial charge in [-0.3, -0.25) is 0 Å². The zero-order chi connectivity index (χ0) is 7.61. The van der Waals surface area contributed by atoms with Crippen LogP contribution in [0.2, 0.25) is 0 Å². The van der Waals surface area contributed by atoms with Crippen LogP contribution in [0.5, 0.6) is 0 Å². The van der Waals surface area contributed by atoms with Crippen LogP contribution in [-0.2, 0) is 0 Å². The first-order valence-electron chi connectivity index (χ1n) is 4.16. The Hall–Kier alpha value is 0.180. The van der Waals surface area contributed by atoms with Gasteiger partial charge < -0.3 is 21.5 Å². The molecule has 2 heteroatoms. The molecule has 1 aliphatic rings. The molecule has 0 aromatic heterocycles. The van der Waals surface area contributed by atoms with Gasteiger partial charge in [0.2, 0.25) is 0 Å². The molecule has 0 spiro atoms. The first kappa shape index (κ1) is 11.2. The highest BCUT2D eigenvalue weighted by Crippen LogP contribution is 2.18. The Balaban J connectivity index is 0.000001000. The minimum atomic E-state index is 0. The van der Waals surface area contributed by atoms with Gasteiger partial charge in [0.1, 0.15) is 0 Å². The predicted molar refractivity (Wildman–Crippen MR) is 44.8 cm³/mol. The largest absolute Gasteiger partial charge is 1.00 e. The van der Waals surface area contributed by atoms with Gasteiger partial charge in [-0.25, -0.2) is 0 Å². The van der Waals surface area contributed by atoms with Crippen molar-refractivity contribution < 1.29 is 21.5 Å². The van der Waals surface area contributed by atoms with Crippen LogP contribution in [0.15, 0.2) is 12.2 Å². The topological polar surface area (TPSA) is 0 Å². The van der Waals surface area contributed by atoms with Crippen molar-refractivity contribution in [3.63, 3.8) is 0 Å². The van der Waals surface area contributed by atoms with E-state index in [4.69, 9.17) is 0 Å². The highest BCUT2D eigenvalue weighted by atomic mass is 79.9. The van der Waals surface area contributed by atoms with Gasteiger partial charge in [0.05, 0.1) is 26.7 Å². The van der Waals surface area contributed by atoms with E-state index < -0.39 is 0 Å². The van der Waals surface area contributed by atoms with Crippen LogP contribution in [0.3, 0.4) is 0 Å². The number of hydrogen-bond acceptors (Lipinski definition) is 0. The molecule has 0 bridgehead atoms. The predicted octanol–water partition coefficient (Wildman–Crippen LogP) is -1.19. The average Bonchev–Trinajstić information content (AvgIpc) is 1.96. The van der Waals surface area contributed by atoms with E-state index in [-0.39, 0.29) is 17.0 Å². The van der Waals surface area contributed by atoms with Crippen LogP contribution in [-0.4, -0.2) is 31.2 Å². The van der Waals surface area contributed by atoms with Crippen molar-refractivity contribution in [1.29, 1.82) is 0 Å². The van der Waals surface area contributed by atoms with Gasteiger partial charge >= 0.3 is 0 Å². The molecule has 11 heavy (non-hydrogen) atoms. The molecule has 66 valence electrons. The average molecular weight is 220 g/mol. The Kier molecular flexibility index (Phi) is 4.34. The van der Waals surface area contributed by atoms with E-state index in [0.29, 0.717) is 0 Å². The first-order valence-corrected chi connectivity index (χ1v) is 4.16. The summed E-state index contributed by atoms with van der Waals surface area (Å²) in [6.07, 6.45) is 2.48. The Bertz CT molecular complexity index is 132. The molecule has 1 aliphatic heterocycles. The van der Waals surface area contributed by atoms with Crippen LogP contribution in [0.1, 0.15) is 19.8 Å². The Morgan fingerprint density at radius 3 is 2.18 bits per heavy atom. The maximum atomic E-state index is 4.00. The third-order valence-electron chi connectivity index (χ3n) is 2.77. The molecular weight excluding hydrogens is 202 g/mol. The fraction of sp³-hybridized carbons (Fsp3) is 0.778. The van der Waals surface area contributed by atoms with E-state index in [0.717, 1.165) is 0 Å². The fourth-order valence-electron chi connectivity index (χ4n) is 1.41. The van der Waals surface area contributed by atoms with Crippen LogP contribution in [0.4, 0.5) is 0 Å². The molecule has 1 rings (SSSR count). The van der Waals surface area contributed by atoms with E-state index in [9.17, 15) is 0 Å². The molecule has 0 N–H and O–H groups in total. The second-order valence-corrected chi connectivity index (χ2v) is 3.63. The number of halogens is 1. The zero-order valence-corrected chi connectivity index (χ0v) is 9.15. The lowest BCUT2D eigenvalue weighted by Gasteiger charge is -2.37. The number of quaternary nitrogens is 1. The molecule has 0 aromatic carbocycles. The molecule has 1 heterocycles. The molecule has 0 atom stereocenters. The highest BCUT2D eigenvalue weighted by Gasteiger charge is 2.23. The SMILES string of the molecule is C=C1CC[N+](C)(CC)CC1.[Br-]. The normalized spacial score (nSPS) is 22.5. The lowest BCUT2D eigenvalue weighted by Crippen LogP contribution is -3.00. The lowest BCUT2D eigenvalue weighted by molar-refractivity contribution is -0.910. The van der Waals surface area contributed by atoms with Gasteiger partial charge in [0, 0.05) is 12.8 Å². The molecule has 0 radical (unpaired) electrons. The Morgan fingerprint density at radius 1 is 1.36 bits per heavy atom. The van der Waals surface area contributed by atoms with Crippen LogP contribution >= 0.6 is 0 Å². The van der Waals surface area contributed by atoms with Crippen LogP contribution in [0, 0.1) is 0 Å². The van der Waals surface area contributed by atoms with E-state index in [1.165, 1.54) is 42.5 Å². The summed E-state index contributed by atoms with van der Waals surface area (Å²) in [6, 6.07) is 0. The second kappa shape index (κ2) is 4.27. The fourth-order valence-corrected chi connectivity index (χ4v) is 1.41. The summed E-state index contributed by atoms with van der Waals surface area (Å²) in [5.74, 6) is 0. The first-order chi connectivity index (χ1) is 4.66. The summed E-state index contributed by atoms with van der Waals surface area (Å²) < 4.78 is 1.25. The van der Waals surface area contributed by atoms with Gasteiger partial charge in [-0.15, -0.1) is 0 Å². The summed E-state index contributed by atoms with van der Waals surface area (Å²) in [5, 5.41) is 0. The second-order valence-electron chi connectivity index (χ2n) is 3.63. The third-order valence-corrected chi connectivity index (χ3v) is 2.77. The molecule has 0 aromatic rings. The molecule has 0 saturated carbocycles. The molecule has 1 nitrogen and oxygen atoms in total. The number of rotatable bonds is 1. The summed E-state index contributed by atoms with van der Waals surface area (Å²) in [5.41, 5.74) is 1.45. The molecule has 0 unspecified atom stereocenters. The highest BCUT2D eigenvalue weighted by molar-refractivity contribution is 4.95. The van der Waals surface area contributed by atoms with Crippen LogP contribution < -0.4 is 17.0 Å². The van der Waals surface area contributed by atoms with Crippen molar-refractivity contribution >= 4 is 0 Å². The minimum Gasteiger partial charge on any atom is -1.00 e. The smallest absolute Gasteiger partial charge is 0.0822 e. The van der Waals surface area contributed by atoms with E-state index >= 15 is 0 Å². The van der Waals surface area contributed by atoms with Crippen molar-refractivity contribution in [2.45, 2.75) is 19.8 Å². The van der Waals surface area contributed by atoms with Crippen LogP contribution in [0.25, 0.3) is 0 Å². The summed E-state index contributed by atoms with van der Waals surface area (Å²) in [7, 11) is 2.34. The van der Waals surface area contributed by atoms with E-state index in [1.807, 2.05) is 0 Å². The number of hydrogen-bond donors (Lipinski definition) is 0. The quantitative estimate of drug-likeness (QED) is 0.385. The maximum Gasteiger partial charge on any atom is 0.0822 e. The standard InChI is InChI=1S/C9H18N.BrH/c1-4-10(3)7-5-9(2)6-8-10;/h2,4-8H2,1,3H3;1H/q+1;/p-1. The molecule has 1 saturated heterocycles. The van der Waals surface area contributed by atoms with E-state index in [2.05, 4.69) is 20.6 Å². The third kappa shape index (κ3) is 2.96. The Labute approximate surface area is 80.4 Å². The van der Waals surface area contributed by atoms with Gasteiger partial charge in [-0.1, -0.05) is 12.2 Å². The van der Waals surface area contributed by atoms with Gasteiger partial charge in [-0.05, 0) is 6.92 Å². The van der Waals surface area contributed by atoms with Crippen molar-refractivity contribution in [3.05, 3.63) is 12.2 Å². The summed E-state index contributed by atoms with van der Waals surface area (Å²) in [6.45, 7) is 10.1. The number of likely N-dealkylation sites (tertiary alicyclic amines) is 1. The van der Waals surface area contributed by atoms with Crippen molar-refractivity contribution in [2.24, 2.45) is 0 Å². The molecule has 0 aliphatic carbocycles. The molecular formula is C9H18BrN. The monoisotopic (exact) mass is 219 g/mol. The van der Waals surface area contributed by atoms with Gasteiger partial charge in [-0.2, -0.15) is 0 Å². The van der Waals surface area contributed by atoms with Gasteiger partial charge in [0.15, 0.2) is 0 Å². The maximum absolute atomic E-state index is 4.00. The summed E-state index contributed by atoms with van der Waals surface area (Å²) in [4.78, 5) is 0. The Morgan fingerprint density at radius 2 is 1.82 bits per heavy atom. The van der Waals surface area contributed by atoms with Crippen molar-refractivity contribution in [2.75, 3.05) is 26.7 Å². The van der Waals surface area contributed by atoms with E-state index in [1.54, 1.807) is 0 Å². The zero-order valence-electron chi connectivity index (χ0n) is 7.57. The van der Waals surface area contributed by atoms with Crippen molar-refractivity contribution in [3.8, 4) is 0 Å². The van der Waals surface area contributed by atoms with Crippen molar-refractivity contribution in [1.82, 2.24) is 0 Å². The molecule has 0 amide bonds. The molecule has 1 fully saturated rings. The van der Waals surface area contributed by atoms with Gasteiger partial charge in [0.25, 0.3) is 0 Å². The summed E-state index contributed by atoms with van der Waals surface area (Å²) >= 11 is 0. The number of piperidine rings is 1. The number of nitrogens with zero attached hydrogens (tertiary/aromatic N) is 1.